The first kappa shape index (κ1) is 23.6. The molecular formula is C24H23F2N3O5S. The van der Waals surface area contributed by atoms with Crippen LogP contribution in [0, 0.1) is 11.6 Å². The molecule has 0 spiro atoms. The van der Waals surface area contributed by atoms with Crippen LogP contribution in [0.25, 0.3) is 0 Å². The number of piperidine rings is 2. The summed E-state index contributed by atoms with van der Waals surface area (Å²) in [5.74, 6) is -2.65. The predicted octanol–water partition coefficient (Wildman–Crippen LogP) is 2.29. The maximum atomic E-state index is 15.1. The zero-order chi connectivity index (χ0) is 24.9. The fourth-order valence-corrected chi connectivity index (χ4v) is 6.55. The van der Waals surface area contributed by atoms with Crippen LogP contribution in [0.15, 0.2) is 41.3 Å². The Morgan fingerprint density at radius 2 is 1.63 bits per heavy atom. The molecule has 0 radical (unpaired) electrons. The van der Waals surface area contributed by atoms with E-state index in [1.807, 2.05) is 0 Å². The van der Waals surface area contributed by atoms with Crippen molar-refractivity contribution in [1.82, 2.24) is 14.5 Å². The van der Waals surface area contributed by atoms with Crippen LogP contribution < -0.4 is 5.32 Å². The van der Waals surface area contributed by atoms with Crippen molar-refractivity contribution in [2.24, 2.45) is 0 Å². The molecule has 35 heavy (non-hydrogen) atoms. The maximum Gasteiger partial charge on any atom is 0.255 e. The van der Waals surface area contributed by atoms with E-state index in [4.69, 9.17) is 0 Å². The summed E-state index contributed by atoms with van der Waals surface area (Å²) in [6.07, 6.45) is 1.14. The van der Waals surface area contributed by atoms with Crippen LogP contribution >= 0.6 is 0 Å². The summed E-state index contributed by atoms with van der Waals surface area (Å²) in [6.45, 7) is 0.510. The molecule has 3 heterocycles. The molecule has 2 aromatic rings. The van der Waals surface area contributed by atoms with Gasteiger partial charge >= 0.3 is 0 Å². The summed E-state index contributed by atoms with van der Waals surface area (Å²) < 4.78 is 55.3. The first-order chi connectivity index (χ1) is 16.6. The van der Waals surface area contributed by atoms with Crippen LogP contribution in [-0.2, 0) is 26.2 Å². The van der Waals surface area contributed by atoms with Gasteiger partial charge in [-0.05, 0) is 66.6 Å². The van der Waals surface area contributed by atoms with Crippen LogP contribution in [-0.4, -0.2) is 54.5 Å². The van der Waals surface area contributed by atoms with Crippen molar-refractivity contribution in [2.75, 3.05) is 13.1 Å². The van der Waals surface area contributed by atoms with Gasteiger partial charge in [-0.1, -0.05) is 6.07 Å². The number of carbonyl (C=O) groups excluding carboxylic acids is 3. The number of imide groups is 1. The van der Waals surface area contributed by atoms with E-state index < -0.39 is 39.5 Å². The normalized spacial score (nSPS) is 21.8. The van der Waals surface area contributed by atoms with Gasteiger partial charge in [-0.25, -0.2) is 17.2 Å². The second kappa shape index (κ2) is 8.80. The Kier molecular flexibility index (Phi) is 5.92. The second-order valence-electron chi connectivity index (χ2n) is 9.06. The second-order valence-corrected chi connectivity index (χ2v) is 11.0. The number of nitrogens with one attached hydrogen (secondary N) is 1. The third-order valence-corrected chi connectivity index (χ3v) is 8.90. The van der Waals surface area contributed by atoms with E-state index in [0.717, 1.165) is 12.1 Å². The van der Waals surface area contributed by atoms with Crippen molar-refractivity contribution in [3.8, 4) is 0 Å². The number of benzene rings is 2. The van der Waals surface area contributed by atoms with Crippen molar-refractivity contribution in [2.45, 2.75) is 49.1 Å². The summed E-state index contributed by atoms with van der Waals surface area (Å²) in [4.78, 5) is 37.9. The number of amides is 3. The molecule has 1 N–H and O–H groups in total. The fraction of sp³-hybridized carbons (Fsp3) is 0.375. The molecule has 2 aromatic carbocycles. The molecule has 0 aromatic heterocycles. The van der Waals surface area contributed by atoms with E-state index in [1.165, 1.54) is 27.4 Å². The van der Waals surface area contributed by atoms with Gasteiger partial charge in [-0.2, -0.15) is 4.31 Å². The van der Waals surface area contributed by atoms with E-state index >= 15 is 4.39 Å². The molecule has 0 bridgehead atoms. The van der Waals surface area contributed by atoms with Crippen LogP contribution in [0.5, 0.6) is 0 Å². The highest BCUT2D eigenvalue weighted by atomic mass is 32.2. The summed E-state index contributed by atoms with van der Waals surface area (Å²) in [5, 5.41) is 2.24. The standard InChI is InChI=1S/C24H23F2N3O5S/c25-16-1-3-17(4-2-16)35(33,34)28-9-7-14(8-10-28)18-11-15-13-29(24(32)19(15)12-20(18)26)21-5-6-22(30)27-23(21)31/h1-4,11-12,14,21H,5-10,13H2,(H,27,30,31). The topological polar surface area (TPSA) is 104 Å². The molecule has 1 atom stereocenters. The fourth-order valence-electron chi connectivity index (χ4n) is 5.08. The minimum absolute atomic E-state index is 0.00751. The molecular weight excluding hydrogens is 480 g/mol. The van der Waals surface area contributed by atoms with Gasteiger partial charge in [-0.3, -0.25) is 19.7 Å². The zero-order valence-corrected chi connectivity index (χ0v) is 19.5. The summed E-state index contributed by atoms with van der Waals surface area (Å²) in [7, 11) is -3.78. The number of rotatable bonds is 4. The Balaban J connectivity index is 1.31. The number of halogens is 2. The van der Waals surface area contributed by atoms with Crippen LogP contribution in [0.1, 0.15) is 53.1 Å². The molecule has 0 aliphatic carbocycles. The third kappa shape index (κ3) is 4.23. The maximum absolute atomic E-state index is 15.1. The van der Waals surface area contributed by atoms with Crippen molar-refractivity contribution in [1.29, 1.82) is 0 Å². The van der Waals surface area contributed by atoms with Crippen molar-refractivity contribution < 1.29 is 31.6 Å². The molecule has 3 amide bonds. The SMILES string of the molecule is O=C1CCC(N2Cc3cc(C4CCN(S(=O)(=O)c5ccc(F)cc5)CC4)c(F)cc3C2=O)C(=O)N1. The average Bonchev–Trinajstić information content (AvgIpc) is 3.14. The third-order valence-electron chi connectivity index (χ3n) is 6.99. The molecule has 184 valence electrons. The Hall–Kier alpha value is -3.18. The average molecular weight is 504 g/mol. The molecule has 5 rings (SSSR count). The van der Waals surface area contributed by atoms with E-state index in [0.29, 0.717) is 24.0 Å². The molecule has 8 nitrogen and oxygen atoms in total. The monoisotopic (exact) mass is 503 g/mol. The van der Waals surface area contributed by atoms with E-state index in [1.54, 1.807) is 6.07 Å². The Labute approximate surface area is 200 Å². The van der Waals surface area contributed by atoms with Crippen molar-refractivity contribution in [3.63, 3.8) is 0 Å². The van der Waals surface area contributed by atoms with Gasteiger partial charge in [0.15, 0.2) is 0 Å². The highest BCUT2D eigenvalue weighted by molar-refractivity contribution is 7.89. The number of hydrogen-bond donors (Lipinski definition) is 1. The first-order valence-electron chi connectivity index (χ1n) is 11.4. The molecule has 0 saturated carbocycles. The molecule has 11 heteroatoms. The van der Waals surface area contributed by atoms with Crippen molar-refractivity contribution in [3.05, 3.63) is 64.7 Å². The molecule has 2 saturated heterocycles. The number of hydrogen-bond acceptors (Lipinski definition) is 5. The van der Waals surface area contributed by atoms with Gasteiger partial charge in [0.1, 0.15) is 17.7 Å². The van der Waals surface area contributed by atoms with Gasteiger partial charge in [0.2, 0.25) is 21.8 Å². The predicted molar refractivity (Wildman–Crippen MR) is 120 cm³/mol. The van der Waals surface area contributed by atoms with Gasteiger partial charge < -0.3 is 4.90 Å². The molecule has 1 unspecified atom stereocenters. The summed E-state index contributed by atoms with van der Waals surface area (Å²) in [6, 6.07) is 6.70. The van der Waals surface area contributed by atoms with E-state index in [-0.39, 0.29) is 54.8 Å². The highest BCUT2D eigenvalue weighted by Gasteiger charge is 2.40. The summed E-state index contributed by atoms with van der Waals surface area (Å²) >= 11 is 0. The lowest BCUT2D eigenvalue weighted by molar-refractivity contribution is -0.136. The first-order valence-corrected chi connectivity index (χ1v) is 12.8. The Morgan fingerprint density at radius 1 is 0.943 bits per heavy atom. The van der Waals surface area contributed by atoms with Gasteiger partial charge in [0, 0.05) is 31.6 Å². The number of nitrogens with zero attached hydrogens (tertiary/aromatic N) is 2. The zero-order valence-electron chi connectivity index (χ0n) is 18.7. The molecule has 3 aliphatic rings. The van der Waals surface area contributed by atoms with Crippen molar-refractivity contribution >= 4 is 27.7 Å². The Bertz CT molecular complexity index is 1320. The minimum Gasteiger partial charge on any atom is -0.322 e. The van der Waals surface area contributed by atoms with Crippen LogP contribution in [0.2, 0.25) is 0 Å². The Morgan fingerprint density at radius 3 is 2.29 bits per heavy atom. The molecule has 2 fully saturated rings. The van der Waals surface area contributed by atoms with Gasteiger partial charge in [0.25, 0.3) is 5.91 Å². The summed E-state index contributed by atoms with van der Waals surface area (Å²) in [5.41, 5.74) is 1.23. The number of fused-ring (bicyclic) bond motifs is 1. The van der Waals surface area contributed by atoms with E-state index in [2.05, 4.69) is 5.32 Å². The quantitative estimate of drug-likeness (QED) is 0.645. The smallest absolute Gasteiger partial charge is 0.255 e. The molecule has 3 aliphatic heterocycles. The van der Waals surface area contributed by atoms with Crippen LogP contribution in [0.3, 0.4) is 0 Å². The van der Waals surface area contributed by atoms with Crippen LogP contribution in [0.4, 0.5) is 8.78 Å². The minimum atomic E-state index is -3.78. The number of carbonyl (C=O) groups is 3. The number of sulfonamides is 1. The van der Waals surface area contributed by atoms with Gasteiger partial charge in [-0.15, -0.1) is 0 Å². The van der Waals surface area contributed by atoms with Gasteiger partial charge in [0.05, 0.1) is 4.90 Å². The lowest BCUT2D eigenvalue weighted by atomic mass is 9.88. The lowest BCUT2D eigenvalue weighted by Gasteiger charge is -2.31. The highest BCUT2D eigenvalue weighted by Crippen LogP contribution is 2.36. The van der Waals surface area contributed by atoms with E-state index in [9.17, 15) is 27.2 Å². The largest absolute Gasteiger partial charge is 0.322 e. The lowest BCUT2D eigenvalue weighted by Crippen LogP contribution is -2.52.